The molecule has 0 bridgehead atoms. The summed E-state index contributed by atoms with van der Waals surface area (Å²) in [4.78, 5) is 10.2. The molecule has 4 fully saturated rings. The molecule has 0 aliphatic heterocycles. The first-order valence-corrected chi connectivity index (χ1v) is 18.0. The van der Waals surface area contributed by atoms with Gasteiger partial charge in [-0.1, -0.05) is 103 Å². The molecule has 0 spiro atoms. The fraction of sp³-hybridized carbons (Fsp3) is 0.941. The first kappa shape index (κ1) is 31.5. The Morgan fingerprint density at radius 2 is 0.875 bits per heavy atom. The van der Waals surface area contributed by atoms with Crippen LogP contribution in [0.25, 0.3) is 0 Å². The zero-order chi connectivity index (χ0) is 27.5. The molecule has 4 saturated carbocycles. The van der Waals surface area contributed by atoms with Gasteiger partial charge in [-0.15, -0.1) is 0 Å². The third kappa shape index (κ3) is 13.0. The molecule has 4 aliphatic rings. The van der Waals surface area contributed by atoms with E-state index in [0.29, 0.717) is 24.2 Å². The van der Waals surface area contributed by atoms with Gasteiger partial charge in [0, 0.05) is 31.2 Å². The lowest BCUT2D eigenvalue weighted by atomic mass is 9.95. The summed E-state index contributed by atoms with van der Waals surface area (Å²) in [5.74, 6) is 2.22. The van der Waals surface area contributed by atoms with E-state index in [2.05, 4.69) is 21.3 Å². The maximum atomic E-state index is 5.16. The molecule has 0 aromatic carbocycles. The lowest BCUT2D eigenvalue weighted by molar-refractivity contribution is 0.388. The maximum Gasteiger partial charge on any atom is 0.191 e. The zero-order valence-electron chi connectivity index (χ0n) is 26.0. The first-order chi connectivity index (χ1) is 19.8. The number of rotatable bonds is 13. The maximum absolute atomic E-state index is 5.16. The topological polar surface area (TPSA) is 72.8 Å². The second-order valence-corrected chi connectivity index (χ2v) is 13.5. The van der Waals surface area contributed by atoms with Gasteiger partial charge in [0.15, 0.2) is 11.9 Å². The fourth-order valence-electron chi connectivity index (χ4n) is 7.32. The fourth-order valence-corrected chi connectivity index (χ4v) is 7.32. The zero-order valence-corrected chi connectivity index (χ0v) is 26.0. The van der Waals surface area contributed by atoms with Crippen molar-refractivity contribution in [1.82, 2.24) is 21.3 Å². The van der Waals surface area contributed by atoms with Crippen LogP contribution >= 0.6 is 0 Å². The quantitative estimate of drug-likeness (QED) is 0.106. The van der Waals surface area contributed by atoms with E-state index < -0.39 is 0 Å². The lowest BCUT2D eigenvalue weighted by Crippen LogP contribution is -2.48. The molecule has 0 radical (unpaired) electrons. The third-order valence-electron chi connectivity index (χ3n) is 9.87. The molecule has 0 heterocycles. The highest BCUT2D eigenvalue weighted by atomic mass is 15.2. The number of nitrogens with zero attached hydrogens (tertiary/aromatic N) is 2. The summed E-state index contributed by atoms with van der Waals surface area (Å²) >= 11 is 0. The summed E-state index contributed by atoms with van der Waals surface area (Å²) in [5, 5.41) is 15.1. The van der Waals surface area contributed by atoms with Gasteiger partial charge in [0.25, 0.3) is 0 Å². The minimum atomic E-state index is 0.534. The number of aliphatic imine (C=N–C) groups is 2. The predicted molar refractivity (Wildman–Crippen MR) is 172 cm³/mol. The monoisotopic (exact) mass is 557 g/mol. The van der Waals surface area contributed by atoms with Crippen LogP contribution in [0, 0.1) is 0 Å². The van der Waals surface area contributed by atoms with Crippen molar-refractivity contribution < 1.29 is 0 Å². The van der Waals surface area contributed by atoms with Crippen molar-refractivity contribution in [2.45, 2.75) is 191 Å². The highest BCUT2D eigenvalue weighted by Gasteiger charge is 2.19. The number of hydrogen-bond donors (Lipinski definition) is 4. The summed E-state index contributed by atoms with van der Waals surface area (Å²) in [6, 6.07) is 2.42. The summed E-state index contributed by atoms with van der Waals surface area (Å²) in [7, 11) is 0. The van der Waals surface area contributed by atoms with Gasteiger partial charge in [-0.25, -0.2) is 4.99 Å². The molecule has 0 amide bonds. The Morgan fingerprint density at radius 3 is 1.40 bits per heavy atom. The molecular weight excluding hydrogens is 492 g/mol. The number of nitrogens with one attached hydrogen (secondary N) is 4. The van der Waals surface area contributed by atoms with E-state index in [1.54, 1.807) is 0 Å². The number of guanidine groups is 2. The van der Waals surface area contributed by atoms with Crippen LogP contribution < -0.4 is 21.3 Å². The van der Waals surface area contributed by atoms with Crippen LogP contribution in [0.5, 0.6) is 0 Å². The predicted octanol–water partition coefficient (Wildman–Crippen LogP) is 7.73. The third-order valence-corrected chi connectivity index (χ3v) is 9.87. The van der Waals surface area contributed by atoms with Crippen molar-refractivity contribution in [1.29, 1.82) is 0 Å². The largest absolute Gasteiger partial charge is 0.356 e. The van der Waals surface area contributed by atoms with Crippen LogP contribution in [0.1, 0.15) is 167 Å². The molecule has 4 rings (SSSR count). The standard InChI is InChI=1S/C34H64N6/c1(3-17-27-35-33(37-29-19-9-5-10-20-29)38-30-21-11-6-12-22-30)2-4-18-28-36-34(39-31-23-13-7-14-24-31)40-32-25-15-8-16-26-32/h29-32H,1-28H2,(H2,35,37,38)(H2,36,39,40). The van der Waals surface area contributed by atoms with Gasteiger partial charge in [0.05, 0.1) is 6.04 Å². The van der Waals surface area contributed by atoms with Crippen LogP contribution in [-0.2, 0) is 0 Å². The SMILES string of the molecule is C(CCCCNC(=NC1CCCCC1)NC1CCCCC1)CCCN=C(NC1CCCCC1)NC1CCCCC1. The summed E-state index contributed by atoms with van der Waals surface area (Å²) < 4.78 is 0. The van der Waals surface area contributed by atoms with Crippen molar-refractivity contribution in [3.05, 3.63) is 0 Å². The molecule has 4 N–H and O–H groups in total. The van der Waals surface area contributed by atoms with Crippen LogP contribution in [0.2, 0.25) is 0 Å². The highest BCUT2D eigenvalue weighted by molar-refractivity contribution is 5.80. The summed E-state index contributed by atoms with van der Waals surface area (Å²) in [6.45, 7) is 2.02. The van der Waals surface area contributed by atoms with Gasteiger partial charge >= 0.3 is 0 Å². The number of unbranched alkanes of at least 4 members (excludes halogenated alkanes) is 5. The number of hydrogen-bond acceptors (Lipinski definition) is 2. The molecule has 6 heteroatoms. The van der Waals surface area contributed by atoms with Gasteiger partial charge < -0.3 is 21.3 Å². The van der Waals surface area contributed by atoms with Gasteiger partial charge in [-0.2, -0.15) is 0 Å². The van der Waals surface area contributed by atoms with Crippen LogP contribution in [0.15, 0.2) is 9.98 Å². The van der Waals surface area contributed by atoms with Gasteiger partial charge in [0.1, 0.15) is 0 Å². The molecule has 0 atom stereocenters. The van der Waals surface area contributed by atoms with Crippen molar-refractivity contribution in [3.63, 3.8) is 0 Å². The first-order valence-electron chi connectivity index (χ1n) is 18.0. The van der Waals surface area contributed by atoms with Crippen LogP contribution in [0.3, 0.4) is 0 Å². The normalized spacial score (nSPS) is 22.6. The summed E-state index contributed by atoms with van der Waals surface area (Å²) in [6.07, 6.45) is 34.7. The van der Waals surface area contributed by atoms with E-state index in [-0.39, 0.29) is 0 Å². The van der Waals surface area contributed by atoms with Crippen LogP contribution in [0.4, 0.5) is 0 Å². The Bertz CT molecular complexity index is 675. The Labute approximate surface area is 247 Å². The Hall–Kier alpha value is -1.46. The lowest BCUT2D eigenvalue weighted by Gasteiger charge is -2.29. The Balaban J connectivity index is 1.08. The summed E-state index contributed by atoms with van der Waals surface area (Å²) in [5.41, 5.74) is 0. The van der Waals surface area contributed by atoms with Crippen molar-refractivity contribution in [2.75, 3.05) is 13.1 Å². The van der Waals surface area contributed by atoms with E-state index in [0.717, 1.165) is 25.0 Å². The minimum absolute atomic E-state index is 0.534. The van der Waals surface area contributed by atoms with E-state index in [1.807, 2.05) is 0 Å². The van der Waals surface area contributed by atoms with E-state index in [9.17, 15) is 0 Å². The van der Waals surface area contributed by atoms with Crippen molar-refractivity contribution in [3.8, 4) is 0 Å². The Morgan fingerprint density at radius 1 is 0.450 bits per heavy atom. The molecule has 0 aromatic heterocycles. The molecule has 230 valence electrons. The average molecular weight is 557 g/mol. The van der Waals surface area contributed by atoms with E-state index in [1.165, 1.54) is 167 Å². The second-order valence-electron chi connectivity index (χ2n) is 13.5. The van der Waals surface area contributed by atoms with Gasteiger partial charge in [-0.05, 0) is 64.2 Å². The van der Waals surface area contributed by atoms with Gasteiger partial charge in [-0.3, -0.25) is 4.99 Å². The average Bonchev–Trinajstić information content (AvgIpc) is 3.00. The van der Waals surface area contributed by atoms with Crippen molar-refractivity contribution >= 4 is 11.9 Å². The van der Waals surface area contributed by atoms with E-state index >= 15 is 0 Å². The molecule has 0 unspecified atom stereocenters. The highest BCUT2D eigenvalue weighted by Crippen LogP contribution is 2.22. The molecule has 6 nitrogen and oxygen atoms in total. The van der Waals surface area contributed by atoms with E-state index in [4.69, 9.17) is 9.98 Å². The molecule has 40 heavy (non-hydrogen) atoms. The minimum Gasteiger partial charge on any atom is -0.356 e. The smallest absolute Gasteiger partial charge is 0.191 e. The molecule has 0 aromatic rings. The Kier molecular flexibility index (Phi) is 15.4. The van der Waals surface area contributed by atoms with Gasteiger partial charge in [0.2, 0.25) is 0 Å². The molecular formula is C34H64N6. The second kappa shape index (κ2) is 19.6. The molecule has 0 saturated heterocycles. The van der Waals surface area contributed by atoms with Crippen LogP contribution in [-0.4, -0.2) is 49.2 Å². The molecule has 4 aliphatic carbocycles. The van der Waals surface area contributed by atoms with Crippen molar-refractivity contribution in [2.24, 2.45) is 9.98 Å².